The van der Waals surface area contributed by atoms with Gasteiger partial charge >= 0.3 is 51.4 Å². The van der Waals surface area contributed by atoms with Crippen LogP contribution in [-0.2, 0) is 4.74 Å². The van der Waals surface area contributed by atoms with Crippen molar-refractivity contribution in [2.75, 3.05) is 0 Å². The zero-order chi connectivity index (χ0) is 6.57. The SMILES string of the molecule is CCC(C)OC(=S)S.[K+]. The standard InChI is InChI=1S/C5H10OS2.K/c1-3-4(2)6-5(7)8;/h4H,3H2,1-2H3,(H,7,8);/q;+1. The molecular weight excluding hydrogens is 179 g/mol. The molecule has 9 heavy (non-hydrogen) atoms. The van der Waals surface area contributed by atoms with Crippen LogP contribution in [0.4, 0.5) is 0 Å². The van der Waals surface area contributed by atoms with Crippen LogP contribution in [0.5, 0.6) is 0 Å². The molecule has 0 fully saturated rings. The average Bonchev–Trinajstić information content (AvgIpc) is 1.65. The molecule has 0 aliphatic carbocycles. The van der Waals surface area contributed by atoms with Crippen LogP contribution in [-0.4, -0.2) is 10.5 Å². The summed E-state index contributed by atoms with van der Waals surface area (Å²) < 4.78 is 5.33. The van der Waals surface area contributed by atoms with Gasteiger partial charge in [-0.25, -0.2) is 0 Å². The second-order valence-corrected chi connectivity index (χ2v) is 2.68. The van der Waals surface area contributed by atoms with Gasteiger partial charge < -0.3 is 4.74 Å². The van der Waals surface area contributed by atoms with Crippen molar-refractivity contribution < 1.29 is 56.1 Å². The molecule has 1 nitrogen and oxygen atoms in total. The van der Waals surface area contributed by atoms with E-state index in [0.29, 0.717) is 4.38 Å². The molecule has 0 heterocycles. The molecule has 0 aliphatic heterocycles. The number of rotatable bonds is 2. The number of hydrogen-bond donors (Lipinski definition) is 1. The zero-order valence-electron chi connectivity index (χ0n) is 6.05. The molecule has 0 radical (unpaired) electrons. The Hall–Kier alpha value is 1.88. The van der Waals surface area contributed by atoms with Gasteiger partial charge in [0.05, 0.1) is 6.10 Å². The fourth-order valence-corrected chi connectivity index (χ4v) is 0.600. The summed E-state index contributed by atoms with van der Waals surface area (Å²) >= 11 is 8.38. The van der Waals surface area contributed by atoms with Crippen LogP contribution in [0.2, 0.25) is 0 Å². The summed E-state index contributed by atoms with van der Waals surface area (Å²) in [6.07, 6.45) is 1.18. The Bertz CT molecular complexity index is 87.0. The van der Waals surface area contributed by atoms with Crippen LogP contribution in [0.1, 0.15) is 20.3 Å². The quantitative estimate of drug-likeness (QED) is 0.340. The Labute approximate surface area is 110 Å². The van der Waals surface area contributed by atoms with Gasteiger partial charge in [-0.1, -0.05) is 19.6 Å². The third kappa shape index (κ3) is 9.88. The van der Waals surface area contributed by atoms with Crippen LogP contribution in [0.3, 0.4) is 0 Å². The second-order valence-electron chi connectivity index (χ2n) is 1.60. The van der Waals surface area contributed by atoms with E-state index in [9.17, 15) is 0 Å². The first-order valence-corrected chi connectivity index (χ1v) is 3.42. The molecule has 0 aromatic heterocycles. The minimum Gasteiger partial charge on any atom is -0.476 e. The molecule has 0 amide bonds. The van der Waals surface area contributed by atoms with Gasteiger partial charge in [0.25, 0.3) is 0 Å². The number of ether oxygens (including phenoxy) is 1. The van der Waals surface area contributed by atoms with Gasteiger partial charge in [-0.3, -0.25) is 0 Å². The summed E-state index contributed by atoms with van der Waals surface area (Å²) in [4.78, 5) is 0. The van der Waals surface area contributed by atoms with E-state index in [1.165, 1.54) is 0 Å². The van der Waals surface area contributed by atoms with Gasteiger partial charge in [-0.2, -0.15) is 0 Å². The van der Waals surface area contributed by atoms with E-state index < -0.39 is 0 Å². The average molecular weight is 189 g/mol. The van der Waals surface area contributed by atoms with Gasteiger partial charge in [0.2, 0.25) is 4.38 Å². The molecule has 0 saturated carbocycles. The summed E-state index contributed by atoms with van der Waals surface area (Å²) in [5.41, 5.74) is 0. The van der Waals surface area contributed by atoms with Crippen molar-refractivity contribution in [3.05, 3.63) is 0 Å². The van der Waals surface area contributed by atoms with Crippen LogP contribution in [0.15, 0.2) is 0 Å². The van der Waals surface area contributed by atoms with Gasteiger partial charge in [-0.15, -0.1) is 0 Å². The molecular formula is C5H10KOS2+. The van der Waals surface area contributed by atoms with E-state index in [4.69, 9.17) is 4.74 Å². The molecule has 0 saturated heterocycles. The van der Waals surface area contributed by atoms with Crippen molar-refractivity contribution in [3.63, 3.8) is 0 Å². The molecule has 1 unspecified atom stereocenters. The molecule has 0 rings (SSSR count). The van der Waals surface area contributed by atoms with Crippen LogP contribution in [0, 0.1) is 0 Å². The summed E-state index contributed by atoms with van der Waals surface area (Å²) in [7, 11) is 0. The third-order valence-electron chi connectivity index (χ3n) is 0.877. The topological polar surface area (TPSA) is 9.23 Å². The van der Waals surface area contributed by atoms with Crippen molar-refractivity contribution in [1.82, 2.24) is 0 Å². The predicted molar refractivity (Wildman–Crippen MR) is 42.4 cm³/mol. The maximum absolute atomic E-state index is 4.99. The largest absolute Gasteiger partial charge is 1.00 e. The predicted octanol–water partition coefficient (Wildman–Crippen LogP) is -0.980. The fraction of sp³-hybridized carbons (Fsp3) is 0.800. The first-order chi connectivity index (χ1) is 3.66. The van der Waals surface area contributed by atoms with Crippen molar-refractivity contribution in [1.29, 1.82) is 0 Å². The molecule has 1 atom stereocenters. The summed E-state index contributed by atoms with van der Waals surface area (Å²) in [6.45, 7) is 4.00. The zero-order valence-corrected chi connectivity index (χ0v) is 10.9. The molecule has 0 aromatic rings. The summed E-state index contributed by atoms with van der Waals surface area (Å²) in [5.74, 6) is 0. The van der Waals surface area contributed by atoms with Crippen molar-refractivity contribution in [3.8, 4) is 0 Å². The Morgan fingerprint density at radius 2 is 2.22 bits per heavy atom. The first kappa shape index (κ1) is 13.5. The minimum atomic E-state index is 0. The minimum absolute atomic E-state index is 0. The molecule has 0 aromatic carbocycles. The number of thiocarbonyl (C=S) groups is 1. The normalized spacial score (nSPS) is 11.4. The van der Waals surface area contributed by atoms with E-state index in [2.05, 4.69) is 24.8 Å². The van der Waals surface area contributed by atoms with E-state index in [0.717, 1.165) is 6.42 Å². The van der Waals surface area contributed by atoms with Gasteiger partial charge in [0.1, 0.15) is 0 Å². The molecule has 0 N–H and O–H groups in total. The molecule has 0 aliphatic rings. The number of hydrogen-bond acceptors (Lipinski definition) is 2. The van der Waals surface area contributed by atoms with Crippen molar-refractivity contribution in [2.24, 2.45) is 0 Å². The summed E-state index contributed by atoms with van der Waals surface area (Å²) in [6, 6.07) is 0. The smallest absolute Gasteiger partial charge is 0.476 e. The van der Waals surface area contributed by atoms with E-state index >= 15 is 0 Å². The molecule has 4 heteroatoms. The maximum Gasteiger partial charge on any atom is 1.00 e. The fourth-order valence-electron chi connectivity index (χ4n) is 0.255. The van der Waals surface area contributed by atoms with E-state index in [1.54, 1.807) is 0 Å². The first-order valence-electron chi connectivity index (χ1n) is 2.56. The molecule has 0 bridgehead atoms. The Morgan fingerprint density at radius 3 is 2.33 bits per heavy atom. The third-order valence-corrected chi connectivity index (χ3v) is 1.08. The monoisotopic (exact) mass is 189 g/mol. The maximum atomic E-state index is 4.99. The van der Waals surface area contributed by atoms with Crippen molar-refractivity contribution in [2.45, 2.75) is 26.4 Å². The van der Waals surface area contributed by atoms with Gasteiger partial charge in [0.15, 0.2) is 0 Å². The van der Waals surface area contributed by atoms with Crippen LogP contribution >= 0.6 is 24.8 Å². The van der Waals surface area contributed by atoms with E-state index in [-0.39, 0.29) is 57.5 Å². The van der Waals surface area contributed by atoms with Gasteiger partial charge in [0, 0.05) is 0 Å². The second kappa shape index (κ2) is 7.98. The van der Waals surface area contributed by atoms with Crippen LogP contribution < -0.4 is 51.4 Å². The van der Waals surface area contributed by atoms with Crippen molar-refractivity contribution >= 4 is 29.2 Å². The summed E-state index contributed by atoms with van der Waals surface area (Å²) in [5, 5.41) is 0. The Kier molecular flexibility index (Phi) is 11.9. The molecule has 48 valence electrons. The van der Waals surface area contributed by atoms with Crippen LogP contribution in [0.25, 0.3) is 0 Å². The van der Waals surface area contributed by atoms with E-state index in [1.807, 2.05) is 13.8 Å². The number of thiol groups is 1. The Balaban J connectivity index is 0. The van der Waals surface area contributed by atoms with Gasteiger partial charge in [-0.05, 0) is 25.6 Å². The Morgan fingerprint density at radius 1 is 1.78 bits per heavy atom. The molecule has 0 spiro atoms.